The second kappa shape index (κ2) is 17.5. The highest BCUT2D eigenvalue weighted by molar-refractivity contribution is 7.27. The number of hydrogen-bond acceptors (Lipinski definition) is 4. The van der Waals surface area contributed by atoms with Gasteiger partial charge in [-0.2, -0.15) is 0 Å². The zero-order valence-electron chi connectivity index (χ0n) is 40.5. The Balaban J connectivity index is 0.912. The lowest BCUT2D eigenvalue weighted by Gasteiger charge is -2.14. The van der Waals surface area contributed by atoms with E-state index < -0.39 is 0 Å². The second-order valence-corrected chi connectivity index (χ2v) is 20.1. The Morgan fingerprint density at radius 1 is 0.253 bits per heavy atom. The van der Waals surface area contributed by atoms with Crippen LogP contribution < -0.4 is 0 Å². The van der Waals surface area contributed by atoms with Crippen LogP contribution in [0.25, 0.3) is 143 Å². The van der Waals surface area contributed by atoms with Crippen molar-refractivity contribution in [3.05, 3.63) is 261 Å². The molecule has 4 heterocycles. The molecule has 0 unspecified atom stereocenters. The molecule has 0 aliphatic carbocycles. The molecule has 0 bridgehead atoms. The van der Waals surface area contributed by atoms with Gasteiger partial charge in [-0.15, -0.1) is 11.3 Å². The minimum absolute atomic E-state index is 0.610. The molecule has 0 fully saturated rings. The van der Waals surface area contributed by atoms with Gasteiger partial charge >= 0.3 is 0 Å². The van der Waals surface area contributed by atoms with Crippen LogP contribution in [0.4, 0.5) is 0 Å². The molecule has 350 valence electrons. The van der Waals surface area contributed by atoms with Crippen molar-refractivity contribution in [2.45, 2.75) is 0 Å². The molecule has 0 saturated heterocycles. The number of thiophene rings is 1. The lowest BCUT2D eigenvalue weighted by molar-refractivity contribution is 1.07. The number of nitrogens with zero attached hydrogens (tertiary/aromatic N) is 5. The van der Waals surface area contributed by atoms with Crippen LogP contribution in [0.1, 0.15) is 0 Å². The quantitative estimate of drug-likeness (QED) is 0.152. The topological polar surface area (TPSA) is 48.5 Å². The summed E-state index contributed by atoms with van der Waals surface area (Å²) < 4.78 is 7.49. The molecule has 6 heteroatoms. The molecule has 75 heavy (non-hydrogen) atoms. The number of para-hydroxylation sites is 3. The van der Waals surface area contributed by atoms with E-state index >= 15 is 0 Å². The molecule has 0 aliphatic heterocycles. The van der Waals surface area contributed by atoms with Gasteiger partial charge in [0.15, 0.2) is 17.5 Å². The third-order valence-electron chi connectivity index (χ3n) is 14.8. The molecular weight excluding hydrogens is 931 g/mol. The first kappa shape index (κ1) is 42.9. The Morgan fingerprint density at radius 3 is 1.25 bits per heavy atom. The average molecular weight is 974 g/mol. The Hall–Kier alpha value is -9.75. The van der Waals surface area contributed by atoms with Crippen molar-refractivity contribution in [3.63, 3.8) is 0 Å². The summed E-state index contributed by atoms with van der Waals surface area (Å²) in [6, 6.07) is 93.2. The van der Waals surface area contributed by atoms with Gasteiger partial charge in [-0.25, -0.2) is 15.0 Å². The van der Waals surface area contributed by atoms with Crippen molar-refractivity contribution in [2.75, 3.05) is 0 Å². The molecule has 11 aromatic carbocycles. The van der Waals surface area contributed by atoms with Crippen molar-refractivity contribution in [3.8, 4) is 78.9 Å². The molecule has 4 aromatic heterocycles. The Morgan fingerprint density at radius 2 is 0.653 bits per heavy atom. The highest BCUT2D eigenvalue weighted by atomic mass is 32.1. The monoisotopic (exact) mass is 973 g/mol. The van der Waals surface area contributed by atoms with Gasteiger partial charge in [0, 0.05) is 60.3 Å². The van der Waals surface area contributed by atoms with Gasteiger partial charge < -0.3 is 9.13 Å². The summed E-state index contributed by atoms with van der Waals surface area (Å²) in [6.45, 7) is 0. The molecule has 0 amide bonds. The first-order chi connectivity index (χ1) is 37.2. The number of fused-ring (bicyclic) bond motifs is 11. The van der Waals surface area contributed by atoms with Crippen molar-refractivity contribution in [1.82, 2.24) is 24.1 Å². The van der Waals surface area contributed by atoms with Crippen LogP contribution in [-0.2, 0) is 0 Å². The normalized spacial score (nSPS) is 11.7. The minimum Gasteiger partial charge on any atom is -0.308 e. The van der Waals surface area contributed by atoms with Crippen LogP contribution in [0.15, 0.2) is 261 Å². The van der Waals surface area contributed by atoms with E-state index in [1.807, 2.05) is 23.5 Å². The van der Waals surface area contributed by atoms with E-state index in [4.69, 9.17) is 15.0 Å². The zero-order valence-corrected chi connectivity index (χ0v) is 41.3. The van der Waals surface area contributed by atoms with Gasteiger partial charge in [0.25, 0.3) is 0 Å². The van der Waals surface area contributed by atoms with Gasteiger partial charge in [0.1, 0.15) is 0 Å². The van der Waals surface area contributed by atoms with E-state index in [0.29, 0.717) is 17.5 Å². The molecule has 5 nitrogen and oxygen atoms in total. The fourth-order valence-corrected chi connectivity index (χ4v) is 12.7. The minimum atomic E-state index is 0.610. The SMILES string of the molecule is c1ccc(-c2ccc(-c3nc(-c4ccc(-n5c6ccccc6c6ccc7c8ccc9c%10ccccc%10n(-c%10ccccc%10-c%10ccccc%10)c9c8sc7c65)cc4)nc(-c4ccccc4-c4ccccc4)n3)cc2)cc1. The Kier molecular flexibility index (Phi) is 10.00. The molecule has 15 rings (SSSR count). The third kappa shape index (κ3) is 7.03. The van der Waals surface area contributed by atoms with Gasteiger partial charge in [-0.1, -0.05) is 218 Å². The number of hydrogen-bond donors (Lipinski definition) is 0. The summed E-state index contributed by atoms with van der Waals surface area (Å²) in [4.78, 5) is 15.7. The predicted molar refractivity (Wildman–Crippen MR) is 314 cm³/mol. The highest BCUT2D eigenvalue weighted by Gasteiger charge is 2.23. The van der Waals surface area contributed by atoms with E-state index in [-0.39, 0.29) is 0 Å². The first-order valence-corrected chi connectivity index (χ1v) is 26.2. The lowest BCUT2D eigenvalue weighted by atomic mass is 9.99. The maximum absolute atomic E-state index is 5.27. The summed E-state index contributed by atoms with van der Waals surface area (Å²) in [5.41, 5.74) is 16.6. The number of rotatable bonds is 8. The van der Waals surface area contributed by atoms with Crippen molar-refractivity contribution in [2.24, 2.45) is 0 Å². The summed E-state index contributed by atoms with van der Waals surface area (Å²) in [5, 5.41) is 7.43. The van der Waals surface area contributed by atoms with Crippen LogP contribution in [0.2, 0.25) is 0 Å². The number of benzene rings is 11. The van der Waals surface area contributed by atoms with Crippen molar-refractivity contribution >= 4 is 75.1 Å². The molecule has 0 aliphatic rings. The van der Waals surface area contributed by atoms with Gasteiger partial charge in [0.2, 0.25) is 0 Å². The van der Waals surface area contributed by atoms with E-state index in [1.165, 1.54) is 69.4 Å². The lowest BCUT2D eigenvalue weighted by Crippen LogP contribution is -2.01. The van der Waals surface area contributed by atoms with Gasteiger partial charge in [0.05, 0.1) is 37.2 Å². The summed E-state index contributed by atoms with van der Waals surface area (Å²) in [6.07, 6.45) is 0. The first-order valence-electron chi connectivity index (χ1n) is 25.3. The van der Waals surface area contributed by atoms with Gasteiger partial charge in [-0.3, -0.25) is 0 Å². The third-order valence-corrected chi connectivity index (χ3v) is 16.1. The van der Waals surface area contributed by atoms with Crippen molar-refractivity contribution < 1.29 is 0 Å². The molecule has 0 atom stereocenters. The van der Waals surface area contributed by atoms with E-state index in [1.54, 1.807) is 0 Å². The van der Waals surface area contributed by atoms with Gasteiger partial charge in [-0.05, 0) is 70.3 Å². The fraction of sp³-hybridized carbons (Fsp3) is 0. The number of aromatic nitrogens is 5. The van der Waals surface area contributed by atoms with Crippen LogP contribution in [0.3, 0.4) is 0 Å². The van der Waals surface area contributed by atoms with E-state index in [9.17, 15) is 0 Å². The molecule has 0 N–H and O–H groups in total. The maximum Gasteiger partial charge on any atom is 0.164 e. The summed E-state index contributed by atoms with van der Waals surface area (Å²) >= 11 is 1.90. The van der Waals surface area contributed by atoms with E-state index in [0.717, 1.165) is 55.8 Å². The largest absolute Gasteiger partial charge is 0.308 e. The molecular formula is C69H43N5S. The van der Waals surface area contributed by atoms with Crippen LogP contribution >= 0.6 is 11.3 Å². The molecule has 0 radical (unpaired) electrons. The van der Waals surface area contributed by atoms with Crippen LogP contribution in [0, 0.1) is 0 Å². The zero-order chi connectivity index (χ0) is 49.4. The molecule has 0 spiro atoms. The summed E-state index contributed by atoms with van der Waals surface area (Å²) in [7, 11) is 0. The Bertz CT molecular complexity index is 4670. The maximum atomic E-state index is 5.27. The van der Waals surface area contributed by atoms with Crippen LogP contribution in [0.5, 0.6) is 0 Å². The standard InChI is InChI=1S/C69H43N5S/c1-4-18-44(19-5-1)45-32-34-48(35-33-45)67-70-68(72-69(71-67)59-28-11-10-24-51(59)46-20-6-2-7-21-46)49-36-38-50(39-37-49)73-61-30-16-13-26-53(61)55-40-42-57-58-43-41-56-54-27-14-17-31-62(54)74(64(56)66(58)75-65(57)63(55)73)60-29-15-12-25-52(60)47-22-8-3-9-23-47/h1-43H. The predicted octanol–water partition coefficient (Wildman–Crippen LogP) is 18.4. The highest BCUT2D eigenvalue weighted by Crippen LogP contribution is 2.48. The smallest absolute Gasteiger partial charge is 0.164 e. The molecule has 15 aromatic rings. The molecule has 0 saturated carbocycles. The fourth-order valence-electron chi connectivity index (χ4n) is 11.3. The van der Waals surface area contributed by atoms with Crippen LogP contribution in [-0.4, -0.2) is 24.1 Å². The summed E-state index contributed by atoms with van der Waals surface area (Å²) in [5.74, 6) is 1.85. The Labute approximate surface area is 436 Å². The van der Waals surface area contributed by atoms with Crippen molar-refractivity contribution in [1.29, 1.82) is 0 Å². The average Bonchev–Trinajstić information content (AvgIpc) is 4.17. The van der Waals surface area contributed by atoms with E-state index in [2.05, 4.69) is 258 Å². The second-order valence-electron chi connectivity index (χ2n) is 19.1.